The fourth-order valence-electron chi connectivity index (χ4n) is 3.68. The first-order chi connectivity index (χ1) is 14.7. The van der Waals surface area contributed by atoms with Crippen LogP contribution in [0.2, 0.25) is 0 Å². The Morgan fingerprint density at radius 2 is 1.90 bits per heavy atom. The molecule has 1 heterocycles. The monoisotopic (exact) mass is 392 g/mol. The third kappa shape index (κ3) is 4.15. The molecule has 0 fully saturated rings. The number of carbonyl (C=O) groups is 1. The van der Waals surface area contributed by atoms with Crippen LogP contribution in [0.4, 0.5) is 5.69 Å². The van der Waals surface area contributed by atoms with E-state index in [-0.39, 0.29) is 5.91 Å². The summed E-state index contributed by atoms with van der Waals surface area (Å²) >= 11 is 0. The number of benzene rings is 3. The van der Waals surface area contributed by atoms with E-state index in [2.05, 4.69) is 42.0 Å². The smallest absolute Gasteiger partial charge is 0.255 e. The summed E-state index contributed by atoms with van der Waals surface area (Å²) in [6.07, 6.45) is 7.20. The maximum absolute atomic E-state index is 13.0. The zero-order chi connectivity index (χ0) is 20.9. The Hall–Kier alpha value is -3.72. The highest BCUT2D eigenvalue weighted by atomic mass is 16.1. The molecule has 0 aliphatic rings. The molecule has 0 atom stereocenters. The van der Waals surface area contributed by atoms with Crippen LogP contribution in [0.5, 0.6) is 0 Å². The zero-order valence-corrected chi connectivity index (χ0v) is 17.1. The lowest BCUT2D eigenvalue weighted by Gasteiger charge is -2.13. The largest absolute Gasteiger partial charge is 0.322 e. The summed E-state index contributed by atoms with van der Waals surface area (Å²) in [5.41, 5.74) is 5.88. The average molecular weight is 393 g/mol. The molecule has 0 saturated carbocycles. The summed E-state index contributed by atoms with van der Waals surface area (Å²) in [5.74, 6) is -0.0906. The minimum absolute atomic E-state index is 0.0906. The van der Waals surface area contributed by atoms with Crippen molar-refractivity contribution in [2.75, 3.05) is 5.32 Å². The van der Waals surface area contributed by atoms with Gasteiger partial charge in [-0.3, -0.25) is 9.78 Å². The van der Waals surface area contributed by atoms with Crippen LogP contribution in [0.1, 0.15) is 27.9 Å². The van der Waals surface area contributed by atoms with E-state index in [4.69, 9.17) is 0 Å². The highest BCUT2D eigenvalue weighted by Crippen LogP contribution is 2.29. The summed E-state index contributed by atoms with van der Waals surface area (Å²) in [6.45, 7) is 5.86. The molecule has 4 rings (SSSR count). The van der Waals surface area contributed by atoms with Crippen LogP contribution >= 0.6 is 0 Å². The van der Waals surface area contributed by atoms with E-state index in [9.17, 15) is 4.79 Å². The highest BCUT2D eigenvalue weighted by Gasteiger charge is 2.12. The standard InChI is InChI=1S/C27H24N2O/c1-3-4-7-21-8-5-6-9-25(21)27(30)29-24-13-10-19(2)26(17-24)22-12-11-20-14-15-28-18-23(20)16-22/h3,5-6,8-18H,1,4,7H2,2H3,(H,29,30). The number of hydrogen-bond acceptors (Lipinski definition) is 2. The Kier molecular flexibility index (Phi) is 5.71. The number of carbonyl (C=O) groups excluding carboxylic acids is 1. The average Bonchev–Trinajstić information content (AvgIpc) is 2.78. The SMILES string of the molecule is C=CCCc1ccccc1C(=O)Nc1ccc(C)c(-c2ccc3ccncc3c2)c1. The van der Waals surface area contributed by atoms with Crippen LogP contribution < -0.4 is 5.32 Å². The molecule has 1 N–H and O–H groups in total. The quantitative estimate of drug-likeness (QED) is 0.377. The van der Waals surface area contributed by atoms with Crippen LogP contribution in [0, 0.1) is 6.92 Å². The zero-order valence-electron chi connectivity index (χ0n) is 17.1. The number of nitrogens with zero attached hydrogens (tertiary/aromatic N) is 1. The Balaban J connectivity index is 1.63. The molecule has 30 heavy (non-hydrogen) atoms. The molecule has 0 saturated heterocycles. The van der Waals surface area contributed by atoms with Gasteiger partial charge in [0, 0.05) is 29.0 Å². The molecular formula is C27H24N2O. The van der Waals surface area contributed by atoms with Crippen LogP contribution in [0.15, 0.2) is 91.8 Å². The molecule has 0 aliphatic heterocycles. The molecule has 3 heteroatoms. The Labute approximate surface area is 177 Å². The molecule has 1 aromatic heterocycles. The molecule has 3 nitrogen and oxygen atoms in total. The van der Waals surface area contributed by atoms with Crippen molar-refractivity contribution in [3.63, 3.8) is 0 Å². The number of pyridine rings is 1. The van der Waals surface area contributed by atoms with Gasteiger partial charge in [0.2, 0.25) is 0 Å². The van der Waals surface area contributed by atoms with Crippen molar-refractivity contribution in [3.05, 3.63) is 108 Å². The van der Waals surface area contributed by atoms with E-state index in [0.29, 0.717) is 5.56 Å². The van der Waals surface area contributed by atoms with Gasteiger partial charge in [0.05, 0.1) is 0 Å². The molecule has 0 unspecified atom stereocenters. The number of hydrogen-bond donors (Lipinski definition) is 1. The number of rotatable bonds is 6. The summed E-state index contributed by atoms with van der Waals surface area (Å²) in [7, 11) is 0. The maximum atomic E-state index is 13.0. The normalized spacial score (nSPS) is 10.7. The van der Waals surface area contributed by atoms with E-state index in [1.165, 1.54) is 0 Å². The summed E-state index contributed by atoms with van der Waals surface area (Å²) < 4.78 is 0. The summed E-state index contributed by atoms with van der Waals surface area (Å²) in [6, 6.07) is 22.1. The number of allylic oxidation sites excluding steroid dienone is 1. The predicted molar refractivity (Wildman–Crippen MR) is 125 cm³/mol. The third-order valence-electron chi connectivity index (χ3n) is 5.33. The second kappa shape index (κ2) is 8.75. The van der Waals surface area contributed by atoms with Gasteiger partial charge in [-0.15, -0.1) is 6.58 Å². The van der Waals surface area contributed by atoms with Crippen molar-refractivity contribution in [2.24, 2.45) is 0 Å². The first kappa shape index (κ1) is 19.6. The molecule has 3 aromatic carbocycles. The number of nitrogens with one attached hydrogen (secondary N) is 1. The maximum Gasteiger partial charge on any atom is 0.255 e. The van der Waals surface area contributed by atoms with Gasteiger partial charge in [-0.05, 0) is 77.7 Å². The van der Waals surface area contributed by atoms with E-state index in [0.717, 1.165) is 51.6 Å². The van der Waals surface area contributed by atoms with Crippen LogP contribution in [-0.2, 0) is 6.42 Å². The molecule has 0 bridgehead atoms. The van der Waals surface area contributed by atoms with Gasteiger partial charge in [-0.2, -0.15) is 0 Å². The van der Waals surface area contributed by atoms with E-state index >= 15 is 0 Å². The van der Waals surface area contributed by atoms with Crippen molar-refractivity contribution in [1.82, 2.24) is 4.98 Å². The molecule has 4 aromatic rings. The van der Waals surface area contributed by atoms with Crippen molar-refractivity contribution in [2.45, 2.75) is 19.8 Å². The van der Waals surface area contributed by atoms with Gasteiger partial charge in [-0.1, -0.05) is 42.5 Å². The third-order valence-corrected chi connectivity index (χ3v) is 5.33. The number of aromatic nitrogens is 1. The Bertz CT molecular complexity index is 1230. The number of anilines is 1. The lowest BCUT2D eigenvalue weighted by molar-refractivity contribution is 0.102. The fraction of sp³-hybridized carbons (Fsp3) is 0.111. The number of fused-ring (bicyclic) bond motifs is 1. The predicted octanol–water partition coefficient (Wildman–Crippen LogP) is 6.58. The number of aryl methyl sites for hydroxylation is 2. The molecular weight excluding hydrogens is 368 g/mol. The molecule has 0 spiro atoms. The van der Waals surface area contributed by atoms with Gasteiger partial charge >= 0.3 is 0 Å². The molecule has 0 aliphatic carbocycles. The van der Waals surface area contributed by atoms with E-state index < -0.39 is 0 Å². The van der Waals surface area contributed by atoms with Gasteiger partial charge in [-0.25, -0.2) is 0 Å². The van der Waals surface area contributed by atoms with E-state index in [1.54, 1.807) is 6.20 Å². The Morgan fingerprint density at radius 3 is 2.77 bits per heavy atom. The molecule has 0 radical (unpaired) electrons. The minimum atomic E-state index is -0.0906. The lowest BCUT2D eigenvalue weighted by Crippen LogP contribution is -2.14. The van der Waals surface area contributed by atoms with Crippen LogP contribution in [-0.4, -0.2) is 10.9 Å². The summed E-state index contributed by atoms with van der Waals surface area (Å²) in [4.78, 5) is 17.2. The van der Waals surface area contributed by atoms with Crippen molar-refractivity contribution < 1.29 is 4.79 Å². The number of amides is 1. The highest BCUT2D eigenvalue weighted by molar-refractivity contribution is 6.05. The van der Waals surface area contributed by atoms with Crippen molar-refractivity contribution in [3.8, 4) is 11.1 Å². The van der Waals surface area contributed by atoms with Crippen LogP contribution in [0.25, 0.3) is 21.9 Å². The van der Waals surface area contributed by atoms with Gasteiger partial charge < -0.3 is 5.32 Å². The first-order valence-corrected chi connectivity index (χ1v) is 10.1. The van der Waals surface area contributed by atoms with Crippen molar-refractivity contribution in [1.29, 1.82) is 0 Å². The van der Waals surface area contributed by atoms with Gasteiger partial charge in [0.25, 0.3) is 5.91 Å². The van der Waals surface area contributed by atoms with Gasteiger partial charge in [0.1, 0.15) is 0 Å². The summed E-state index contributed by atoms with van der Waals surface area (Å²) in [5, 5.41) is 5.33. The second-order valence-corrected chi connectivity index (χ2v) is 7.41. The first-order valence-electron chi connectivity index (χ1n) is 10.1. The van der Waals surface area contributed by atoms with Crippen LogP contribution in [0.3, 0.4) is 0 Å². The van der Waals surface area contributed by atoms with Crippen molar-refractivity contribution >= 4 is 22.4 Å². The van der Waals surface area contributed by atoms with Gasteiger partial charge in [0.15, 0.2) is 0 Å². The topological polar surface area (TPSA) is 42.0 Å². The fourth-order valence-corrected chi connectivity index (χ4v) is 3.68. The second-order valence-electron chi connectivity index (χ2n) is 7.41. The molecule has 1 amide bonds. The molecule has 148 valence electrons. The lowest BCUT2D eigenvalue weighted by atomic mass is 9.97. The Morgan fingerprint density at radius 1 is 1.03 bits per heavy atom. The van der Waals surface area contributed by atoms with E-state index in [1.807, 2.05) is 60.8 Å². The minimum Gasteiger partial charge on any atom is -0.322 e.